The average molecular weight is 496 g/mol. The molecule has 0 amide bonds. The second kappa shape index (κ2) is 9.59. The maximum atomic E-state index is 11.3. The second-order valence-electron chi connectivity index (χ2n) is 8.19. The fraction of sp³-hybridized carbons (Fsp3) is 0.250. The van der Waals surface area contributed by atoms with Gasteiger partial charge >= 0.3 is 5.97 Å². The van der Waals surface area contributed by atoms with Crippen molar-refractivity contribution in [1.29, 1.82) is 0 Å². The highest BCUT2D eigenvalue weighted by molar-refractivity contribution is 6.28. The van der Waals surface area contributed by atoms with Crippen molar-refractivity contribution in [2.45, 2.75) is 30.5 Å². The van der Waals surface area contributed by atoms with E-state index < -0.39 is 30.5 Å². The zero-order valence-corrected chi connectivity index (χ0v) is 19.0. The predicted octanol–water partition coefficient (Wildman–Crippen LogP) is 2.43. The largest absolute Gasteiger partial charge is 0.479 e. The van der Waals surface area contributed by atoms with Crippen LogP contribution in [-0.2, 0) is 9.53 Å². The average Bonchev–Trinajstić information content (AvgIpc) is 3.41. The quantitative estimate of drug-likeness (QED) is 0.284. The van der Waals surface area contributed by atoms with Crippen LogP contribution in [0.15, 0.2) is 67.0 Å². The summed E-state index contributed by atoms with van der Waals surface area (Å²) in [5, 5.41) is 33.0. The monoisotopic (exact) mass is 495 g/mol. The summed E-state index contributed by atoms with van der Waals surface area (Å²) in [5.41, 5.74) is 2.82. The zero-order chi connectivity index (χ0) is 24.5. The second-order valence-corrected chi connectivity index (χ2v) is 8.52. The molecule has 0 spiro atoms. The summed E-state index contributed by atoms with van der Waals surface area (Å²) in [7, 11) is 0. The van der Waals surface area contributed by atoms with Crippen LogP contribution in [0.2, 0.25) is 5.28 Å². The molecular weight excluding hydrogens is 474 g/mol. The molecule has 4 atom stereocenters. The van der Waals surface area contributed by atoms with Gasteiger partial charge in [0.1, 0.15) is 12.2 Å². The van der Waals surface area contributed by atoms with Crippen molar-refractivity contribution in [3.63, 3.8) is 0 Å². The Labute approximate surface area is 204 Å². The molecule has 180 valence electrons. The number of carboxylic acids is 1. The molecule has 2 aromatic carbocycles. The van der Waals surface area contributed by atoms with Crippen molar-refractivity contribution in [3.05, 3.63) is 83.4 Å². The first kappa shape index (κ1) is 23.2. The number of benzene rings is 2. The maximum Gasteiger partial charge on any atom is 0.335 e. The zero-order valence-electron chi connectivity index (χ0n) is 18.3. The number of anilines is 1. The summed E-state index contributed by atoms with van der Waals surface area (Å²) in [6.07, 6.45) is -4.56. The van der Waals surface area contributed by atoms with Crippen molar-refractivity contribution in [3.8, 4) is 0 Å². The summed E-state index contributed by atoms with van der Waals surface area (Å²) < 4.78 is 6.74. The summed E-state index contributed by atoms with van der Waals surface area (Å²) >= 11 is 6.20. The molecule has 4 aromatic rings. The number of carboxylic acid groups (broad SMARTS) is 1. The Morgan fingerprint density at radius 1 is 1.03 bits per heavy atom. The first-order valence-electron chi connectivity index (χ1n) is 10.9. The molecule has 0 bridgehead atoms. The number of aromatic nitrogens is 4. The normalized spacial score (nSPS) is 22.1. The van der Waals surface area contributed by atoms with Gasteiger partial charge in [-0.25, -0.2) is 9.78 Å². The van der Waals surface area contributed by atoms with E-state index >= 15 is 0 Å². The lowest BCUT2D eigenvalue weighted by Gasteiger charge is -2.19. The highest BCUT2D eigenvalue weighted by atomic mass is 35.5. The fourth-order valence-electron chi connectivity index (χ4n) is 4.29. The number of nitrogens with one attached hydrogen (secondary N) is 1. The first-order chi connectivity index (χ1) is 16.9. The third-order valence-electron chi connectivity index (χ3n) is 6.03. The number of hydrogen-bond acceptors (Lipinski definition) is 8. The molecule has 2 aromatic heterocycles. The Morgan fingerprint density at radius 2 is 1.66 bits per heavy atom. The van der Waals surface area contributed by atoms with Crippen LogP contribution in [0.25, 0.3) is 11.2 Å². The molecule has 0 unspecified atom stereocenters. The Hall–Kier alpha value is -3.57. The number of nitrogens with zero attached hydrogens (tertiary/aromatic N) is 4. The molecule has 4 N–H and O–H groups in total. The summed E-state index contributed by atoms with van der Waals surface area (Å²) in [6.45, 7) is 0.478. The Kier molecular flexibility index (Phi) is 6.35. The molecule has 0 saturated carbocycles. The number of aliphatic hydroxyl groups excluding tert-OH is 2. The van der Waals surface area contributed by atoms with Crippen LogP contribution in [-0.4, -0.2) is 65.7 Å². The number of hydrogen-bond donors (Lipinski definition) is 4. The molecule has 11 heteroatoms. The third-order valence-corrected chi connectivity index (χ3v) is 6.20. The number of aliphatic carboxylic acids is 1. The minimum atomic E-state index is -1.61. The van der Waals surface area contributed by atoms with E-state index in [1.807, 2.05) is 36.4 Å². The van der Waals surface area contributed by atoms with Gasteiger partial charge < -0.3 is 25.4 Å². The third kappa shape index (κ3) is 4.44. The summed E-state index contributed by atoms with van der Waals surface area (Å²) in [5.74, 6) is -1.00. The lowest BCUT2D eigenvalue weighted by molar-refractivity contribution is -0.155. The number of ether oxygens (including phenoxy) is 1. The Bertz CT molecular complexity index is 1300. The van der Waals surface area contributed by atoms with Gasteiger partial charge in [-0.15, -0.1) is 0 Å². The van der Waals surface area contributed by atoms with Crippen LogP contribution < -0.4 is 5.32 Å². The van der Waals surface area contributed by atoms with E-state index in [1.165, 1.54) is 10.9 Å². The van der Waals surface area contributed by atoms with E-state index in [9.17, 15) is 20.1 Å². The van der Waals surface area contributed by atoms with E-state index in [2.05, 4.69) is 44.5 Å². The minimum Gasteiger partial charge on any atom is -0.479 e. The van der Waals surface area contributed by atoms with Crippen molar-refractivity contribution in [2.24, 2.45) is 0 Å². The Balaban J connectivity index is 1.47. The van der Waals surface area contributed by atoms with Gasteiger partial charge in [0.2, 0.25) is 5.28 Å². The topological polar surface area (TPSA) is 143 Å². The molecule has 10 nitrogen and oxygen atoms in total. The predicted molar refractivity (Wildman–Crippen MR) is 127 cm³/mol. The van der Waals surface area contributed by atoms with Crippen LogP contribution in [0.4, 0.5) is 5.82 Å². The van der Waals surface area contributed by atoms with E-state index in [-0.39, 0.29) is 16.8 Å². The molecule has 1 saturated heterocycles. The lowest BCUT2D eigenvalue weighted by Crippen LogP contribution is -2.35. The van der Waals surface area contributed by atoms with Crippen molar-refractivity contribution < 1.29 is 24.9 Å². The minimum absolute atomic E-state index is 0.00901. The number of fused-ring (bicyclic) bond motifs is 1. The molecule has 35 heavy (non-hydrogen) atoms. The molecule has 1 fully saturated rings. The van der Waals surface area contributed by atoms with Gasteiger partial charge in [-0.05, 0) is 22.7 Å². The number of carbonyl (C=O) groups is 1. The van der Waals surface area contributed by atoms with E-state index in [0.29, 0.717) is 17.9 Å². The van der Waals surface area contributed by atoms with E-state index in [0.717, 1.165) is 11.1 Å². The van der Waals surface area contributed by atoms with Crippen LogP contribution in [0, 0.1) is 0 Å². The number of imidazole rings is 1. The van der Waals surface area contributed by atoms with Crippen molar-refractivity contribution in [1.82, 2.24) is 19.5 Å². The SMILES string of the molecule is O=C(O)[C@H]1O[C@@H](n2cnc3c(NCC(c4ccccc4)c4ccccc4)nc(Cl)nc32)[C@H](O)[C@@H]1O. The van der Waals surface area contributed by atoms with Gasteiger partial charge in [0.25, 0.3) is 0 Å². The maximum absolute atomic E-state index is 11.3. The summed E-state index contributed by atoms with van der Waals surface area (Å²) in [4.78, 5) is 24.2. The van der Waals surface area contributed by atoms with Gasteiger partial charge in [0, 0.05) is 12.5 Å². The number of aliphatic hydroxyl groups is 2. The molecule has 1 aliphatic heterocycles. The van der Waals surface area contributed by atoms with Gasteiger partial charge in [0.15, 0.2) is 29.3 Å². The van der Waals surface area contributed by atoms with Gasteiger partial charge in [0.05, 0.1) is 6.33 Å². The van der Waals surface area contributed by atoms with E-state index in [1.54, 1.807) is 0 Å². The first-order valence-corrected chi connectivity index (χ1v) is 11.3. The fourth-order valence-corrected chi connectivity index (χ4v) is 4.45. The molecule has 1 aliphatic rings. The number of rotatable bonds is 7. The molecule has 0 radical (unpaired) electrons. The smallest absolute Gasteiger partial charge is 0.335 e. The van der Waals surface area contributed by atoms with Gasteiger partial charge in [-0.3, -0.25) is 4.57 Å². The van der Waals surface area contributed by atoms with Crippen LogP contribution >= 0.6 is 11.6 Å². The van der Waals surface area contributed by atoms with Crippen molar-refractivity contribution >= 4 is 34.6 Å². The molecule has 5 rings (SSSR count). The van der Waals surface area contributed by atoms with Crippen LogP contribution in [0.5, 0.6) is 0 Å². The molecular formula is C24H22ClN5O5. The highest BCUT2D eigenvalue weighted by Gasteiger charge is 2.48. The van der Waals surface area contributed by atoms with Crippen molar-refractivity contribution in [2.75, 3.05) is 11.9 Å². The van der Waals surface area contributed by atoms with Gasteiger partial charge in [-0.1, -0.05) is 60.7 Å². The van der Waals surface area contributed by atoms with Gasteiger partial charge in [-0.2, -0.15) is 9.97 Å². The summed E-state index contributed by atoms with van der Waals surface area (Å²) in [6, 6.07) is 20.1. The highest BCUT2D eigenvalue weighted by Crippen LogP contribution is 2.33. The molecule has 0 aliphatic carbocycles. The van der Waals surface area contributed by atoms with E-state index in [4.69, 9.17) is 16.3 Å². The molecule has 3 heterocycles. The Morgan fingerprint density at radius 3 is 2.23 bits per heavy atom. The van der Waals surface area contributed by atoms with Crippen LogP contribution in [0.3, 0.4) is 0 Å². The lowest BCUT2D eigenvalue weighted by atomic mass is 9.91. The van der Waals surface area contributed by atoms with Crippen LogP contribution in [0.1, 0.15) is 23.3 Å². The standard InChI is InChI=1S/C24H22ClN5O5/c25-24-28-20(26-11-15(13-7-3-1-4-8-13)14-9-5-2-6-10-14)16-21(29-24)30(12-27-16)22-18(32)17(31)19(35-22)23(33)34/h1-10,12,15,17-19,22,31-32H,11H2,(H,33,34)(H,26,28,29)/t17-,18+,19-,22+/m0/s1. The number of halogens is 1.